The first kappa shape index (κ1) is 22.4. The van der Waals surface area contributed by atoms with Gasteiger partial charge >= 0.3 is 0 Å². The summed E-state index contributed by atoms with van der Waals surface area (Å²) in [5.74, 6) is 0.610. The molecule has 1 saturated carbocycles. The summed E-state index contributed by atoms with van der Waals surface area (Å²) in [7, 11) is -3.55. The van der Waals surface area contributed by atoms with Crippen molar-refractivity contribution in [3.8, 4) is 0 Å². The molecule has 33 heavy (non-hydrogen) atoms. The summed E-state index contributed by atoms with van der Waals surface area (Å²) in [6, 6.07) is 14.2. The molecule has 8 heteroatoms. The van der Waals surface area contributed by atoms with Gasteiger partial charge in [0.05, 0.1) is 4.90 Å². The fraction of sp³-hybridized carbons (Fsp3) is 0.480. The van der Waals surface area contributed by atoms with Gasteiger partial charge in [0.25, 0.3) is 5.91 Å². The number of benzene rings is 2. The maximum atomic E-state index is 12.9. The zero-order valence-corrected chi connectivity index (χ0v) is 19.8. The van der Waals surface area contributed by atoms with Crippen LogP contribution in [-0.4, -0.2) is 69.3 Å². The molecule has 2 heterocycles. The lowest BCUT2D eigenvalue weighted by Crippen LogP contribution is -2.47. The maximum absolute atomic E-state index is 12.9. The summed E-state index contributed by atoms with van der Waals surface area (Å²) >= 11 is 0. The van der Waals surface area contributed by atoms with Crippen LogP contribution in [0, 0.1) is 5.92 Å². The fourth-order valence-corrected chi connectivity index (χ4v) is 6.28. The van der Waals surface area contributed by atoms with Crippen molar-refractivity contribution >= 4 is 27.3 Å². The van der Waals surface area contributed by atoms with Crippen LogP contribution in [0.5, 0.6) is 0 Å². The highest BCUT2D eigenvalue weighted by atomic mass is 32.2. The molecule has 176 valence electrons. The van der Waals surface area contributed by atoms with Crippen LogP contribution in [0.3, 0.4) is 0 Å². The van der Waals surface area contributed by atoms with Crippen molar-refractivity contribution in [2.24, 2.45) is 5.92 Å². The van der Waals surface area contributed by atoms with Gasteiger partial charge in [-0.1, -0.05) is 12.1 Å². The van der Waals surface area contributed by atoms with E-state index in [-0.39, 0.29) is 10.8 Å². The topological polar surface area (TPSA) is 73.0 Å². The van der Waals surface area contributed by atoms with Crippen LogP contribution >= 0.6 is 0 Å². The summed E-state index contributed by atoms with van der Waals surface area (Å²) < 4.78 is 27.2. The predicted octanol–water partition coefficient (Wildman–Crippen LogP) is 3.26. The van der Waals surface area contributed by atoms with Gasteiger partial charge in [0, 0.05) is 62.8 Å². The number of nitrogens with zero attached hydrogens (tertiary/aromatic N) is 3. The Morgan fingerprint density at radius 3 is 2.36 bits per heavy atom. The number of rotatable bonds is 7. The van der Waals surface area contributed by atoms with Crippen molar-refractivity contribution in [1.82, 2.24) is 9.21 Å². The van der Waals surface area contributed by atoms with Crippen LogP contribution in [0.15, 0.2) is 53.4 Å². The van der Waals surface area contributed by atoms with Gasteiger partial charge in [-0.2, -0.15) is 4.31 Å². The van der Waals surface area contributed by atoms with E-state index in [9.17, 15) is 13.2 Å². The Balaban J connectivity index is 1.24. The number of hydrogen-bond donors (Lipinski definition) is 1. The average Bonchev–Trinajstić information content (AvgIpc) is 3.46. The van der Waals surface area contributed by atoms with Gasteiger partial charge in [0.1, 0.15) is 0 Å². The average molecular weight is 469 g/mol. The Bertz CT molecular complexity index is 1100. The number of amides is 1. The minimum absolute atomic E-state index is 0.176. The highest BCUT2D eigenvalue weighted by Crippen LogP contribution is 2.30. The van der Waals surface area contributed by atoms with Crippen molar-refractivity contribution in [3.63, 3.8) is 0 Å². The summed E-state index contributed by atoms with van der Waals surface area (Å²) in [4.78, 5) is 18.0. The van der Waals surface area contributed by atoms with Crippen molar-refractivity contribution in [1.29, 1.82) is 0 Å². The second kappa shape index (κ2) is 9.44. The van der Waals surface area contributed by atoms with E-state index in [2.05, 4.69) is 21.2 Å². The molecule has 2 aromatic carbocycles. The molecular formula is C25H32N4O3S. The second-order valence-electron chi connectivity index (χ2n) is 9.37. The van der Waals surface area contributed by atoms with Crippen molar-refractivity contribution in [2.75, 3.05) is 56.0 Å². The lowest BCUT2D eigenvalue weighted by atomic mass is 10.2. The second-order valence-corrected chi connectivity index (χ2v) is 11.3. The molecule has 3 fully saturated rings. The summed E-state index contributed by atoms with van der Waals surface area (Å²) in [5, 5.41) is 2.94. The molecular weight excluding hydrogens is 436 g/mol. The molecule has 1 amide bonds. The minimum atomic E-state index is -3.55. The number of sulfonamides is 1. The standard InChI is InChI=1S/C25H32N4O3S/c30-25(21-5-3-8-24(17-21)33(31,32)29-11-1-2-12-29)26-22-6-4-7-23(18-22)28-15-13-27(14-16-28)19-20-9-10-20/h3-8,17-18,20H,1-2,9-16,19H2,(H,26,30). The third-order valence-corrected chi connectivity index (χ3v) is 8.75. The monoisotopic (exact) mass is 468 g/mol. The van der Waals surface area contributed by atoms with Crippen LogP contribution in [0.25, 0.3) is 0 Å². The molecule has 2 saturated heterocycles. The van der Waals surface area contributed by atoms with Crippen LogP contribution in [0.1, 0.15) is 36.0 Å². The van der Waals surface area contributed by atoms with Gasteiger partial charge in [0.2, 0.25) is 10.0 Å². The fourth-order valence-electron chi connectivity index (χ4n) is 4.71. The SMILES string of the molecule is O=C(Nc1cccc(N2CCN(CC3CC3)CC2)c1)c1cccc(S(=O)(=O)N2CCCC2)c1. The Morgan fingerprint density at radius 2 is 1.64 bits per heavy atom. The number of carbonyl (C=O) groups excluding carboxylic acids is 1. The summed E-state index contributed by atoms with van der Waals surface area (Å²) in [5.41, 5.74) is 2.16. The van der Waals surface area contributed by atoms with Crippen molar-refractivity contribution in [2.45, 2.75) is 30.6 Å². The zero-order valence-electron chi connectivity index (χ0n) is 18.9. The van der Waals surface area contributed by atoms with Gasteiger partial charge in [-0.3, -0.25) is 9.69 Å². The molecule has 0 aromatic heterocycles. The molecule has 0 radical (unpaired) electrons. The third kappa shape index (κ3) is 5.23. The first-order chi connectivity index (χ1) is 16.0. The molecule has 5 rings (SSSR count). The highest BCUT2D eigenvalue weighted by molar-refractivity contribution is 7.89. The van der Waals surface area contributed by atoms with Gasteiger partial charge in [-0.05, 0) is 68.0 Å². The van der Waals surface area contributed by atoms with Gasteiger partial charge in [-0.15, -0.1) is 0 Å². The molecule has 1 N–H and O–H groups in total. The van der Waals surface area contributed by atoms with E-state index >= 15 is 0 Å². The van der Waals surface area contributed by atoms with E-state index in [4.69, 9.17) is 0 Å². The van der Waals surface area contributed by atoms with Gasteiger partial charge < -0.3 is 10.2 Å². The maximum Gasteiger partial charge on any atom is 0.255 e. The lowest BCUT2D eigenvalue weighted by molar-refractivity contribution is 0.102. The number of nitrogens with one attached hydrogen (secondary N) is 1. The normalized spacial score (nSPS) is 20.2. The molecule has 0 bridgehead atoms. The molecule has 3 aliphatic rings. The van der Waals surface area contributed by atoms with Crippen LogP contribution in [0.2, 0.25) is 0 Å². The Morgan fingerprint density at radius 1 is 0.909 bits per heavy atom. The number of anilines is 2. The van der Waals surface area contributed by atoms with E-state index in [1.807, 2.05) is 18.2 Å². The van der Waals surface area contributed by atoms with E-state index in [0.717, 1.165) is 50.6 Å². The van der Waals surface area contributed by atoms with Gasteiger partial charge in [0.15, 0.2) is 0 Å². The number of carbonyl (C=O) groups is 1. The first-order valence-electron chi connectivity index (χ1n) is 12.0. The van der Waals surface area contributed by atoms with E-state index in [1.54, 1.807) is 18.2 Å². The van der Waals surface area contributed by atoms with Gasteiger partial charge in [-0.25, -0.2) is 8.42 Å². The van der Waals surface area contributed by atoms with Crippen molar-refractivity contribution < 1.29 is 13.2 Å². The quantitative estimate of drug-likeness (QED) is 0.675. The molecule has 2 aliphatic heterocycles. The number of piperazine rings is 1. The molecule has 2 aromatic rings. The molecule has 1 aliphatic carbocycles. The zero-order chi connectivity index (χ0) is 22.8. The highest BCUT2D eigenvalue weighted by Gasteiger charge is 2.28. The Kier molecular flexibility index (Phi) is 6.40. The number of hydrogen-bond acceptors (Lipinski definition) is 5. The third-order valence-electron chi connectivity index (χ3n) is 6.85. The van der Waals surface area contributed by atoms with Crippen LogP contribution in [-0.2, 0) is 10.0 Å². The van der Waals surface area contributed by atoms with Crippen molar-refractivity contribution in [3.05, 3.63) is 54.1 Å². The molecule has 0 unspecified atom stereocenters. The first-order valence-corrected chi connectivity index (χ1v) is 13.4. The van der Waals surface area contributed by atoms with E-state index in [0.29, 0.717) is 24.3 Å². The summed E-state index contributed by atoms with van der Waals surface area (Å²) in [6.07, 6.45) is 4.53. The van der Waals surface area contributed by atoms with Crippen LogP contribution < -0.4 is 10.2 Å². The predicted molar refractivity (Wildman–Crippen MR) is 130 cm³/mol. The molecule has 7 nitrogen and oxygen atoms in total. The Hall–Kier alpha value is -2.42. The summed E-state index contributed by atoms with van der Waals surface area (Å²) in [6.45, 7) is 6.44. The Labute approximate surface area is 196 Å². The lowest BCUT2D eigenvalue weighted by Gasteiger charge is -2.36. The minimum Gasteiger partial charge on any atom is -0.369 e. The largest absolute Gasteiger partial charge is 0.369 e. The van der Waals surface area contributed by atoms with E-state index < -0.39 is 10.0 Å². The molecule has 0 spiro atoms. The van der Waals surface area contributed by atoms with Crippen LogP contribution in [0.4, 0.5) is 11.4 Å². The smallest absolute Gasteiger partial charge is 0.255 e. The van der Waals surface area contributed by atoms with E-state index in [1.165, 1.54) is 29.8 Å². The molecule has 0 atom stereocenters.